The zero-order chi connectivity index (χ0) is 18.8. The third kappa shape index (κ3) is 8.88. The predicted molar refractivity (Wildman–Crippen MR) is 121 cm³/mol. The highest BCUT2D eigenvalue weighted by Gasteiger charge is 2.21. The molecule has 2 atom stereocenters. The molecule has 1 heterocycles. The van der Waals surface area contributed by atoms with Crippen molar-refractivity contribution >= 4 is 35.8 Å². The first-order chi connectivity index (χ1) is 11.9. The molecule has 7 heteroatoms. The summed E-state index contributed by atoms with van der Waals surface area (Å²) < 4.78 is 0. The van der Waals surface area contributed by atoms with Gasteiger partial charge >= 0.3 is 0 Å². The molecule has 1 rings (SSSR count). The summed E-state index contributed by atoms with van der Waals surface area (Å²) >= 11 is 0. The molecule has 1 aliphatic rings. The highest BCUT2D eigenvalue weighted by molar-refractivity contribution is 14.0. The van der Waals surface area contributed by atoms with Crippen molar-refractivity contribution in [3.8, 4) is 0 Å². The third-order valence-corrected chi connectivity index (χ3v) is 4.81. The van der Waals surface area contributed by atoms with E-state index in [9.17, 15) is 4.79 Å². The van der Waals surface area contributed by atoms with Gasteiger partial charge < -0.3 is 20.0 Å². The van der Waals surface area contributed by atoms with Crippen molar-refractivity contribution in [1.29, 1.82) is 0 Å². The van der Waals surface area contributed by atoms with Crippen LogP contribution in [0.2, 0.25) is 0 Å². The van der Waals surface area contributed by atoms with Crippen molar-refractivity contribution in [2.75, 3.05) is 59.4 Å². The maximum absolute atomic E-state index is 12.3. The number of carbonyl (C=O) groups is 1. The summed E-state index contributed by atoms with van der Waals surface area (Å²) in [7, 11) is 1.94. The number of guanidine groups is 1. The Morgan fingerprint density at radius 3 is 2.23 bits per heavy atom. The number of rotatable bonds is 8. The number of piperidine rings is 1. The standard InChI is InChI=1S/C19H39N5O.HI/c1-7-20-19(22(6)15-18(25)24(8-2)9-3)21-10-11-23-13-16(4)12-17(5)14-23;/h16-17H,7-15H2,1-6H3,(H,20,21);1H. The molecule has 0 aromatic heterocycles. The van der Waals surface area contributed by atoms with Crippen molar-refractivity contribution in [2.45, 2.75) is 41.0 Å². The van der Waals surface area contributed by atoms with Crippen LogP contribution >= 0.6 is 24.0 Å². The van der Waals surface area contributed by atoms with E-state index in [1.807, 2.05) is 30.7 Å². The minimum Gasteiger partial charge on any atom is -0.357 e. The fourth-order valence-electron chi connectivity index (χ4n) is 3.70. The summed E-state index contributed by atoms with van der Waals surface area (Å²) in [4.78, 5) is 23.4. The first-order valence-corrected chi connectivity index (χ1v) is 9.90. The Bertz CT molecular complexity index is 418. The number of nitrogens with zero attached hydrogens (tertiary/aromatic N) is 4. The van der Waals surface area contributed by atoms with Crippen LogP contribution in [0.25, 0.3) is 0 Å². The lowest BCUT2D eigenvalue weighted by atomic mass is 9.92. The summed E-state index contributed by atoms with van der Waals surface area (Å²) in [5, 5.41) is 3.30. The number of hydrogen-bond donors (Lipinski definition) is 1. The second-order valence-electron chi connectivity index (χ2n) is 7.36. The molecular weight excluding hydrogens is 441 g/mol. The van der Waals surface area contributed by atoms with Gasteiger partial charge in [0.1, 0.15) is 0 Å². The zero-order valence-corrected chi connectivity index (χ0v) is 20.0. The first-order valence-electron chi connectivity index (χ1n) is 9.90. The Balaban J connectivity index is 0.00000625. The molecule has 1 N–H and O–H groups in total. The predicted octanol–water partition coefficient (Wildman–Crippen LogP) is 2.35. The number of nitrogens with one attached hydrogen (secondary N) is 1. The van der Waals surface area contributed by atoms with E-state index in [0.29, 0.717) is 6.54 Å². The van der Waals surface area contributed by atoms with Crippen LogP contribution in [0.5, 0.6) is 0 Å². The highest BCUT2D eigenvalue weighted by Crippen LogP contribution is 2.20. The molecule has 6 nitrogen and oxygen atoms in total. The fourth-order valence-corrected chi connectivity index (χ4v) is 3.70. The Morgan fingerprint density at radius 1 is 1.15 bits per heavy atom. The first kappa shape index (κ1) is 25.4. The monoisotopic (exact) mass is 481 g/mol. The summed E-state index contributed by atoms with van der Waals surface area (Å²) in [6, 6.07) is 0. The van der Waals surface area contributed by atoms with Gasteiger partial charge in [0.15, 0.2) is 5.96 Å². The van der Waals surface area contributed by atoms with Gasteiger partial charge in [0, 0.05) is 46.3 Å². The van der Waals surface area contributed by atoms with Gasteiger partial charge in [-0.1, -0.05) is 13.8 Å². The topological polar surface area (TPSA) is 51.2 Å². The molecule has 0 saturated carbocycles. The molecule has 1 aliphatic heterocycles. The number of aliphatic imine (C=N–C) groups is 1. The second-order valence-corrected chi connectivity index (χ2v) is 7.36. The fraction of sp³-hybridized carbons (Fsp3) is 0.895. The van der Waals surface area contributed by atoms with E-state index in [0.717, 1.165) is 50.5 Å². The second kappa shape index (κ2) is 13.6. The van der Waals surface area contributed by atoms with Crippen LogP contribution in [0.3, 0.4) is 0 Å². The third-order valence-electron chi connectivity index (χ3n) is 4.81. The van der Waals surface area contributed by atoms with Crippen LogP contribution in [-0.4, -0.2) is 86.0 Å². The molecule has 0 aliphatic carbocycles. The molecule has 0 radical (unpaired) electrons. The van der Waals surface area contributed by atoms with Crippen molar-refractivity contribution in [1.82, 2.24) is 20.0 Å². The van der Waals surface area contributed by atoms with Crippen LogP contribution in [0.15, 0.2) is 4.99 Å². The smallest absolute Gasteiger partial charge is 0.242 e. The Hall–Kier alpha value is -0.570. The Labute approximate surface area is 177 Å². The van der Waals surface area contributed by atoms with Gasteiger partial charge in [0.2, 0.25) is 5.91 Å². The number of carbonyl (C=O) groups excluding carboxylic acids is 1. The normalized spacial score (nSPS) is 21.1. The molecular formula is C19H40IN5O. The quantitative estimate of drug-likeness (QED) is 0.329. The Kier molecular flexibility index (Phi) is 13.3. The molecule has 0 aromatic rings. The molecule has 0 spiro atoms. The lowest BCUT2D eigenvalue weighted by Crippen LogP contribution is -2.46. The average Bonchev–Trinajstić information content (AvgIpc) is 2.54. The van der Waals surface area contributed by atoms with Gasteiger partial charge in [-0.3, -0.25) is 9.79 Å². The molecule has 2 unspecified atom stereocenters. The summed E-state index contributed by atoms with van der Waals surface area (Å²) in [6.07, 6.45) is 1.33. The summed E-state index contributed by atoms with van der Waals surface area (Å²) in [5.74, 6) is 2.52. The Morgan fingerprint density at radius 2 is 1.73 bits per heavy atom. The van der Waals surface area contributed by atoms with E-state index in [2.05, 4.69) is 31.0 Å². The van der Waals surface area contributed by atoms with E-state index >= 15 is 0 Å². The van der Waals surface area contributed by atoms with E-state index < -0.39 is 0 Å². The van der Waals surface area contributed by atoms with E-state index in [1.165, 1.54) is 19.5 Å². The number of hydrogen-bond acceptors (Lipinski definition) is 3. The zero-order valence-electron chi connectivity index (χ0n) is 17.6. The minimum atomic E-state index is 0. The molecule has 26 heavy (non-hydrogen) atoms. The van der Waals surface area contributed by atoms with Gasteiger partial charge in [0.05, 0.1) is 13.1 Å². The van der Waals surface area contributed by atoms with Gasteiger partial charge in [0.25, 0.3) is 0 Å². The molecule has 0 aromatic carbocycles. The van der Waals surface area contributed by atoms with Crippen molar-refractivity contribution in [2.24, 2.45) is 16.8 Å². The van der Waals surface area contributed by atoms with Crippen molar-refractivity contribution in [3.63, 3.8) is 0 Å². The molecule has 1 amide bonds. The van der Waals surface area contributed by atoms with Crippen LogP contribution in [0.1, 0.15) is 41.0 Å². The van der Waals surface area contributed by atoms with Crippen LogP contribution in [0.4, 0.5) is 0 Å². The number of likely N-dealkylation sites (tertiary alicyclic amines) is 1. The average molecular weight is 481 g/mol. The van der Waals surface area contributed by atoms with Gasteiger partial charge in [-0.05, 0) is 39.0 Å². The molecule has 1 fully saturated rings. The van der Waals surface area contributed by atoms with Gasteiger partial charge in [-0.2, -0.15) is 0 Å². The van der Waals surface area contributed by atoms with E-state index in [1.54, 1.807) is 0 Å². The lowest BCUT2D eigenvalue weighted by molar-refractivity contribution is -0.131. The summed E-state index contributed by atoms with van der Waals surface area (Å²) in [5.41, 5.74) is 0. The number of halogens is 1. The number of likely N-dealkylation sites (N-methyl/N-ethyl adjacent to an activating group) is 2. The van der Waals surface area contributed by atoms with E-state index in [4.69, 9.17) is 4.99 Å². The van der Waals surface area contributed by atoms with Crippen molar-refractivity contribution in [3.05, 3.63) is 0 Å². The summed E-state index contributed by atoms with van der Waals surface area (Å²) in [6.45, 7) is 17.5. The van der Waals surface area contributed by atoms with Crippen molar-refractivity contribution < 1.29 is 4.79 Å². The lowest BCUT2D eigenvalue weighted by Gasteiger charge is -2.34. The van der Waals surface area contributed by atoms with Crippen LogP contribution in [-0.2, 0) is 4.79 Å². The SMILES string of the molecule is CCNC(=NCCN1CC(C)CC(C)C1)N(C)CC(=O)N(CC)CC.I. The molecule has 1 saturated heterocycles. The largest absolute Gasteiger partial charge is 0.357 e. The molecule has 154 valence electrons. The highest BCUT2D eigenvalue weighted by atomic mass is 127. The maximum atomic E-state index is 12.3. The van der Waals surface area contributed by atoms with E-state index in [-0.39, 0.29) is 29.9 Å². The van der Waals surface area contributed by atoms with Gasteiger partial charge in [-0.25, -0.2) is 0 Å². The minimum absolute atomic E-state index is 0. The van der Waals surface area contributed by atoms with Crippen LogP contribution < -0.4 is 5.32 Å². The van der Waals surface area contributed by atoms with Crippen LogP contribution in [0, 0.1) is 11.8 Å². The maximum Gasteiger partial charge on any atom is 0.242 e. The van der Waals surface area contributed by atoms with Gasteiger partial charge in [-0.15, -0.1) is 24.0 Å². The molecule has 0 bridgehead atoms. The number of amides is 1.